The van der Waals surface area contributed by atoms with E-state index in [1.54, 1.807) is 18.2 Å². The van der Waals surface area contributed by atoms with E-state index in [0.717, 1.165) is 17.5 Å². The van der Waals surface area contributed by atoms with Crippen LogP contribution in [0.2, 0.25) is 0 Å². The molecule has 0 saturated heterocycles. The van der Waals surface area contributed by atoms with Crippen LogP contribution in [0, 0.1) is 0 Å². The molecular formula is C21H24N2O3. The number of ether oxygens (including phenoxy) is 1. The minimum Gasteiger partial charge on any atom is -0.382 e. The smallest absolute Gasteiger partial charge is 0.249 e. The number of carbonyl (C=O) groups excluding carboxylic acids is 2. The normalized spacial score (nSPS) is 10.8. The molecule has 0 unspecified atom stereocenters. The maximum Gasteiger partial charge on any atom is 0.249 e. The van der Waals surface area contributed by atoms with E-state index in [-0.39, 0.29) is 5.91 Å². The van der Waals surface area contributed by atoms with Gasteiger partial charge in [-0.3, -0.25) is 9.59 Å². The second-order valence-electron chi connectivity index (χ2n) is 5.77. The van der Waals surface area contributed by atoms with Crippen molar-refractivity contribution < 1.29 is 14.3 Å². The topological polar surface area (TPSA) is 81.4 Å². The standard InChI is InChI=1S/C21H24N2O3/c1-2-26-14-6-9-17-11-12-18(15-19(17)21(22)25)23-20(24)13-10-16-7-4-3-5-8-16/h3-5,7-8,10-13,15H,2,6,9,14H2,1H3,(H2,22,25)(H,23,24)/b13-10+. The van der Waals surface area contributed by atoms with Crippen LogP contribution in [-0.2, 0) is 16.0 Å². The molecule has 0 atom stereocenters. The summed E-state index contributed by atoms with van der Waals surface area (Å²) in [4.78, 5) is 23.8. The Labute approximate surface area is 153 Å². The van der Waals surface area contributed by atoms with Gasteiger partial charge in [-0.2, -0.15) is 0 Å². The van der Waals surface area contributed by atoms with Crippen LogP contribution < -0.4 is 11.1 Å². The summed E-state index contributed by atoms with van der Waals surface area (Å²) in [5.41, 5.74) is 8.23. The summed E-state index contributed by atoms with van der Waals surface area (Å²) in [6, 6.07) is 14.8. The van der Waals surface area contributed by atoms with Crippen molar-refractivity contribution >= 4 is 23.6 Å². The first-order valence-electron chi connectivity index (χ1n) is 8.64. The van der Waals surface area contributed by atoms with E-state index in [1.807, 2.05) is 43.3 Å². The fourth-order valence-electron chi connectivity index (χ4n) is 2.53. The SMILES string of the molecule is CCOCCCc1ccc(NC(=O)/C=C/c2ccccc2)cc1C(N)=O. The van der Waals surface area contributed by atoms with Crippen molar-refractivity contribution in [2.24, 2.45) is 5.73 Å². The fourth-order valence-corrected chi connectivity index (χ4v) is 2.53. The van der Waals surface area contributed by atoms with Crippen molar-refractivity contribution in [2.45, 2.75) is 19.8 Å². The predicted octanol–water partition coefficient (Wildman–Crippen LogP) is 3.41. The van der Waals surface area contributed by atoms with Gasteiger partial charge in [0.2, 0.25) is 11.8 Å². The Morgan fingerprint density at radius 1 is 1.15 bits per heavy atom. The number of anilines is 1. The van der Waals surface area contributed by atoms with Crippen LogP contribution in [0.3, 0.4) is 0 Å². The molecule has 0 aliphatic carbocycles. The molecule has 0 aliphatic rings. The molecule has 136 valence electrons. The lowest BCUT2D eigenvalue weighted by atomic mass is 10.0. The van der Waals surface area contributed by atoms with Gasteiger partial charge in [-0.25, -0.2) is 0 Å². The van der Waals surface area contributed by atoms with Crippen molar-refractivity contribution in [2.75, 3.05) is 18.5 Å². The third kappa shape index (κ3) is 6.18. The Morgan fingerprint density at radius 2 is 1.92 bits per heavy atom. The van der Waals surface area contributed by atoms with Crippen LogP contribution >= 0.6 is 0 Å². The highest BCUT2D eigenvalue weighted by Gasteiger charge is 2.10. The molecule has 0 bridgehead atoms. The van der Waals surface area contributed by atoms with Crippen LogP contribution in [0.25, 0.3) is 6.08 Å². The Bertz CT molecular complexity index is 770. The zero-order chi connectivity index (χ0) is 18.8. The van der Waals surface area contributed by atoms with Gasteiger partial charge in [-0.15, -0.1) is 0 Å². The lowest BCUT2D eigenvalue weighted by Gasteiger charge is -2.10. The number of nitrogens with two attached hydrogens (primary N) is 1. The Balaban J connectivity index is 2.02. The number of rotatable bonds is 9. The monoisotopic (exact) mass is 352 g/mol. The van der Waals surface area contributed by atoms with Crippen molar-refractivity contribution in [3.8, 4) is 0 Å². The Morgan fingerprint density at radius 3 is 2.62 bits per heavy atom. The third-order valence-corrected chi connectivity index (χ3v) is 3.81. The van der Waals surface area contributed by atoms with Gasteiger partial charge in [-0.1, -0.05) is 36.4 Å². The molecule has 0 heterocycles. The Hall–Kier alpha value is -2.92. The zero-order valence-corrected chi connectivity index (χ0v) is 14.9. The largest absolute Gasteiger partial charge is 0.382 e. The molecule has 0 spiro atoms. The van der Waals surface area contributed by atoms with E-state index in [4.69, 9.17) is 10.5 Å². The van der Waals surface area contributed by atoms with E-state index in [1.165, 1.54) is 6.08 Å². The molecule has 2 rings (SSSR count). The highest BCUT2D eigenvalue weighted by molar-refractivity contribution is 6.03. The van der Waals surface area contributed by atoms with Gasteiger partial charge in [0.05, 0.1) is 0 Å². The molecule has 26 heavy (non-hydrogen) atoms. The average molecular weight is 352 g/mol. The molecule has 2 amide bonds. The molecule has 0 aliphatic heterocycles. The van der Waals surface area contributed by atoms with E-state index < -0.39 is 5.91 Å². The number of hydrogen-bond donors (Lipinski definition) is 2. The molecule has 2 aromatic rings. The molecule has 0 fully saturated rings. The van der Waals surface area contributed by atoms with Crippen LogP contribution in [0.1, 0.15) is 34.8 Å². The Kier molecular flexibility index (Phi) is 7.58. The van der Waals surface area contributed by atoms with Crippen molar-refractivity contribution in [3.63, 3.8) is 0 Å². The quantitative estimate of drug-likeness (QED) is 0.536. The van der Waals surface area contributed by atoms with E-state index >= 15 is 0 Å². The molecule has 3 N–H and O–H groups in total. The number of primary amides is 1. The number of amides is 2. The van der Waals surface area contributed by atoms with Gasteiger partial charge < -0.3 is 15.8 Å². The summed E-state index contributed by atoms with van der Waals surface area (Å²) in [5, 5.41) is 2.75. The first-order valence-corrected chi connectivity index (χ1v) is 8.64. The van der Waals surface area contributed by atoms with Gasteiger partial charge in [-0.05, 0) is 49.1 Å². The van der Waals surface area contributed by atoms with Crippen LogP contribution in [0.15, 0.2) is 54.6 Å². The molecule has 0 radical (unpaired) electrons. The fraction of sp³-hybridized carbons (Fsp3) is 0.238. The van der Waals surface area contributed by atoms with Gasteiger partial charge in [0, 0.05) is 30.5 Å². The van der Waals surface area contributed by atoms with Crippen LogP contribution in [0.4, 0.5) is 5.69 Å². The van der Waals surface area contributed by atoms with Crippen molar-refractivity contribution in [1.29, 1.82) is 0 Å². The minimum atomic E-state index is -0.507. The highest BCUT2D eigenvalue weighted by Crippen LogP contribution is 2.18. The number of aryl methyl sites for hydroxylation is 1. The lowest BCUT2D eigenvalue weighted by Crippen LogP contribution is -2.16. The molecule has 0 saturated carbocycles. The van der Waals surface area contributed by atoms with Crippen molar-refractivity contribution in [3.05, 3.63) is 71.3 Å². The van der Waals surface area contributed by atoms with Gasteiger partial charge in [0.1, 0.15) is 0 Å². The van der Waals surface area contributed by atoms with E-state index in [9.17, 15) is 9.59 Å². The van der Waals surface area contributed by atoms with Gasteiger partial charge >= 0.3 is 0 Å². The molecular weight excluding hydrogens is 328 g/mol. The molecule has 5 heteroatoms. The average Bonchev–Trinajstić information content (AvgIpc) is 2.65. The van der Waals surface area contributed by atoms with E-state index in [0.29, 0.717) is 30.9 Å². The summed E-state index contributed by atoms with van der Waals surface area (Å²) >= 11 is 0. The summed E-state index contributed by atoms with van der Waals surface area (Å²) in [6.45, 7) is 3.25. The zero-order valence-electron chi connectivity index (χ0n) is 14.9. The number of nitrogens with one attached hydrogen (secondary N) is 1. The lowest BCUT2D eigenvalue weighted by molar-refractivity contribution is -0.111. The van der Waals surface area contributed by atoms with Crippen LogP contribution in [0.5, 0.6) is 0 Å². The third-order valence-electron chi connectivity index (χ3n) is 3.81. The number of carbonyl (C=O) groups is 2. The van der Waals surface area contributed by atoms with Gasteiger partial charge in [0.25, 0.3) is 0 Å². The van der Waals surface area contributed by atoms with Crippen molar-refractivity contribution in [1.82, 2.24) is 0 Å². The van der Waals surface area contributed by atoms with Gasteiger partial charge in [0.15, 0.2) is 0 Å². The number of hydrogen-bond acceptors (Lipinski definition) is 3. The second kappa shape index (κ2) is 10.2. The van der Waals surface area contributed by atoms with E-state index in [2.05, 4.69) is 5.32 Å². The maximum absolute atomic E-state index is 12.1. The first-order chi connectivity index (χ1) is 12.6. The molecule has 5 nitrogen and oxygen atoms in total. The molecule has 2 aromatic carbocycles. The summed E-state index contributed by atoms with van der Waals surface area (Å²) < 4.78 is 5.31. The summed E-state index contributed by atoms with van der Waals surface area (Å²) in [6.07, 6.45) is 4.68. The van der Waals surface area contributed by atoms with Crippen LogP contribution in [-0.4, -0.2) is 25.0 Å². The summed E-state index contributed by atoms with van der Waals surface area (Å²) in [7, 11) is 0. The minimum absolute atomic E-state index is 0.270. The second-order valence-corrected chi connectivity index (χ2v) is 5.77. The molecule has 0 aromatic heterocycles. The first kappa shape index (κ1) is 19.4. The summed E-state index contributed by atoms with van der Waals surface area (Å²) in [5.74, 6) is -0.777. The highest BCUT2D eigenvalue weighted by atomic mass is 16.5. The number of benzene rings is 2. The maximum atomic E-state index is 12.1. The predicted molar refractivity (Wildman–Crippen MR) is 104 cm³/mol.